The molecule has 1 fully saturated rings. The summed E-state index contributed by atoms with van der Waals surface area (Å²) in [6.45, 7) is 3.57. The second-order valence-electron chi connectivity index (χ2n) is 7.03. The molecular weight excluding hydrogens is 292 g/mol. The standard InChI is InChI=1S/C18H26N2O3/c1-18(2,23)11-10-12-6-8-13(9-7-12)17(22)20-15-5-3-4-14(15)16(19)21/h6-9,14-15,23H,3-5,10-11H2,1-2H3,(H2,19,21)(H,20,22)/t14-,15+/m1/s1. The van der Waals surface area contributed by atoms with Gasteiger partial charge in [-0.15, -0.1) is 0 Å². The number of benzene rings is 1. The van der Waals surface area contributed by atoms with Gasteiger partial charge in [-0.3, -0.25) is 9.59 Å². The maximum Gasteiger partial charge on any atom is 0.251 e. The Bertz CT molecular complexity index is 561. The van der Waals surface area contributed by atoms with E-state index < -0.39 is 5.60 Å². The molecule has 0 aliphatic heterocycles. The van der Waals surface area contributed by atoms with E-state index in [1.807, 2.05) is 12.1 Å². The minimum atomic E-state index is -0.692. The summed E-state index contributed by atoms with van der Waals surface area (Å²) in [5, 5.41) is 12.7. The fourth-order valence-corrected chi connectivity index (χ4v) is 3.00. The van der Waals surface area contributed by atoms with Crippen molar-refractivity contribution in [2.75, 3.05) is 0 Å². The molecule has 1 aliphatic carbocycles. The quantitative estimate of drug-likeness (QED) is 0.746. The van der Waals surface area contributed by atoms with Crippen LogP contribution in [0.3, 0.4) is 0 Å². The van der Waals surface area contributed by atoms with Crippen LogP contribution in [-0.2, 0) is 11.2 Å². The first-order valence-corrected chi connectivity index (χ1v) is 8.18. The Balaban J connectivity index is 1.94. The summed E-state index contributed by atoms with van der Waals surface area (Å²) in [5.41, 5.74) is 6.35. The summed E-state index contributed by atoms with van der Waals surface area (Å²) in [6.07, 6.45) is 3.88. The van der Waals surface area contributed by atoms with Crippen molar-refractivity contribution in [3.05, 3.63) is 35.4 Å². The Morgan fingerprint density at radius 1 is 1.26 bits per heavy atom. The van der Waals surface area contributed by atoms with Crippen LogP contribution in [0.2, 0.25) is 0 Å². The highest BCUT2D eigenvalue weighted by Gasteiger charge is 2.32. The molecule has 1 aromatic rings. The molecule has 5 nitrogen and oxygen atoms in total. The van der Waals surface area contributed by atoms with Gasteiger partial charge in [-0.05, 0) is 57.2 Å². The molecule has 126 valence electrons. The number of hydrogen-bond donors (Lipinski definition) is 3. The van der Waals surface area contributed by atoms with E-state index >= 15 is 0 Å². The first kappa shape index (κ1) is 17.5. The Morgan fingerprint density at radius 3 is 2.48 bits per heavy atom. The smallest absolute Gasteiger partial charge is 0.251 e. The van der Waals surface area contributed by atoms with E-state index in [-0.39, 0.29) is 23.8 Å². The van der Waals surface area contributed by atoms with Crippen LogP contribution in [0.15, 0.2) is 24.3 Å². The molecule has 0 aromatic heterocycles. The third-order valence-electron chi connectivity index (χ3n) is 4.44. The van der Waals surface area contributed by atoms with Crippen LogP contribution in [0, 0.1) is 5.92 Å². The highest BCUT2D eigenvalue weighted by Crippen LogP contribution is 2.25. The lowest BCUT2D eigenvalue weighted by Gasteiger charge is -2.18. The molecule has 0 bridgehead atoms. The lowest BCUT2D eigenvalue weighted by atomic mass is 9.98. The molecular formula is C18H26N2O3. The van der Waals surface area contributed by atoms with E-state index in [0.29, 0.717) is 12.0 Å². The van der Waals surface area contributed by atoms with Crippen LogP contribution in [0.25, 0.3) is 0 Å². The topological polar surface area (TPSA) is 92.4 Å². The molecule has 4 N–H and O–H groups in total. The van der Waals surface area contributed by atoms with Gasteiger partial charge in [0, 0.05) is 11.6 Å². The maximum absolute atomic E-state index is 12.3. The first-order valence-electron chi connectivity index (χ1n) is 8.18. The fraction of sp³-hybridized carbons (Fsp3) is 0.556. The number of amides is 2. The number of carbonyl (C=O) groups is 2. The van der Waals surface area contributed by atoms with E-state index in [4.69, 9.17) is 5.73 Å². The molecule has 0 saturated heterocycles. The minimum Gasteiger partial charge on any atom is -0.390 e. The van der Waals surface area contributed by atoms with Crippen LogP contribution >= 0.6 is 0 Å². The van der Waals surface area contributed by atoms with E-state index in [0.717, 1.165) is 31.2 Å². The first-order chi connectivity index (χ1) is 10.8. The number of carbonyl (C=O) groups excluding carboxylic acids is 2. The lowest BCUT2D eigenvalue weighted by molar-refractivity contribution is -0.122. The van der Waals surface area contributed by atoms with Gasteiger partial charge in [0.05, 0.1) is 11.5 Å². The third-order valence-corrected chi connectivity index (χ3v) is 4.44. The van der Waals surface area contributed by atoms with Gasteiger partial charge in [0.1, 0.15) is 0 Å². The second kappa shape index (κ2) is 7.13. The number of aryl methyl sites for hydroxylation is 1. The molecule has 2 atom stereocenters. The molecule has 1 saturated carbocycles. The number of aliphatic hydroxyl groups is 1. The zero-order valence-corrected chi connectivity index (χ0v) is 13.8. The van der Waals surface area contributed by atoms with Crippen molar-refractivity contribution in [2.45, 2.75) is 57.6 Å². The van der Waals surface area contributed by atoms with Gasteiger partial charge in [0.2, 0.25) is 5.91 Å². The van der Waals surface area contributed by atoms with Crippen molar-refractivity contribution in [2.24, 2.45) is 11.7 Å². The predicted molar refractivity (Wildman–Crippen MR) is 88.9 cm³/mol. The number of hydrogen-bond acceptors (Lipinski definition) is 3. The van der Waals surface area contributed by atoms with Crippen LogP contribution in [0.1, 0.15) is 55.5 Å². The number of nitrogens with one attached hydrogen (secondary N) is 1. The van der Waals surface area contributed by atoms with Crippen molar-refractivity contribution in [3.63, 3.8) is 0 Å². The molecule has 2 rings (SSSR count). The van der Waals surface area contributed by atoms with E-state index in [1.54, 1.807) is 26.0 Å². The van der Waals surface area contributed by atoms with Crippen molar-refractivity contribution in [1.82, 2.24) is 5.32 Å². The van der Waals surface area contributed by atoms with Crippen molar-refractivity contribution in [3.8, 4) is 0 Å². The van der Waals surface area contributed by atoms with Crippen LogP contribution in [0.5, 0.6) is 0 Å². The molecule has 0 heterocycles. The molecule has 2 amide bonds. The van der Waals surface area contributed by atoms with Gasteiger partial charge < -0.3 is 16.2 Å². The SMILES string of the molecule is CC(C)(O)CCc1ccc(C(=O)N[C@H]2CCC[C@H]2C(N)=O)cc1. The summed E-state index contributed by atoms with van der Waals surface area (Å²) in [6, 6.07) is 7.21. The number of primary amides is 1. The normalized spacial score (nSPS) is 21.2. The van der Waals surface area contributed by atoms with Crippen molar-refractivity contribution >= 4 is 11.8 Å². The van der Waals surface area contributed by atoms with Crippen molar-refractivity contribution in [1.29, 1.82) is 0 Å². The Morgan fingerprint density at radius 2 is 1.91 bits per heavy atom. The predicted octanol–water partition coefficient (Wildman–Crippen LogP) is 1.77. The van der Waals surface area contributed by atoms with E-state index in [1.165, 1.54) is 0 Å². The van der Waals surface area contributed by atoms with Gasteiger partial charge in [-0.1, -0.05) is 18.6 Å². The molecule has 5 heteroatoms. The zero-order valence-electron chi connectivity index (χ0n) is 13.8. The average Bonchev–Trinajstić information content (AvgIpc) is 2.93. The molecule has 1 aromatic carbocycles. The minimum absolute atomic E-state index is 0.158. The van der Waals surface area contributed by atoms with Crippen molar-refractivity contribution < 1.29 is 14.7 Å². The maximum atomic E-state index is 12.3. The van der Waals surface area contributed by atoms with E-state index in [9.17, 15) is 14.7 Å². The van der Waals surface area contributed by atoms with Crippen LogP contribution < -0.4 is 11.1 Å². The summed E-state index contributed by atoms with van der Waals surface area (Å²) >= 11 is 0. The highest BCUT2D eigenvalue weighted by atomic mass is 16.3. The lowest BCUT2D eigenvalue weighted by Crippen LogP contribution is -2.42. The number of nitrogens with two attached hydrogens (primary N) is 1. The second-order valence-corrected chi connectivity index (χ2v) is 7.03. The molecule has 1 aliphatic rings. The Hall–Kier alpha value is -1.88. The average molecular weight is 318 g/mol. The van der Waals surface area contributed by atoms with Gasteiger partial charge in [-0.25, -0.2) is 0 Å². The van der Waals surface area contributed by atoms with Gasteiger partial charge >= 0.3 is 0 Å². The van der Waals surface area contributed by atoms with Gasteiger partial charge in [0.15, 0.2) is 0 Å². The monoisotopic (exact) mass is 318 g/mol. The Labute approximate surface area is 137 Å². The number of rotatable bonds is 6. The van der Waals surface area contributed by atoms with Gasteiger partial charge in [0.25, 0.3) is 5.91 Å². The Kier molecular flexibility index (Phi) is 5.42. The zero-order chi connectivity index (χ0) is 17.0. The van der Waals surface area contributed by atoms with Gasteiger partial charge in [-0.2, -0.15) is 0 Å². The van der Waals surface area contributed by atoms with Crippen LogP contribution in [-0.4, -0.2) is 28.6 Å². The summed E-state index contributed by atoms with van der Waals surface area (Å²) in [5.74, 6) is -0.767. The third kappa shape index (κ3) is 5.06. The molecule has 0 spiro atoms. The summed E-state index contributed by atoms with van der Waals surface area (Å²) in [4.78, 5) is 23.7. The molecule has 0 radical (unpaired) electrons. The summed E-state index contributed by atoms with van der Waals surface area (Å²) in [7, 11) is 0. The largest absolute Gasteiger partial charge is 0.390 e. The highest BCUT2D eigenvalue weighted by molar-refractivity contribution is 5.94. The summed E-state index contributed by atoms with van der Waals surface area (Å²) < 4.78 is 0. The van der Waals surface area contributed by atoms with Crippen LogP contribution in [0.4, 0.5) is 0 Å². The van der Waals surface area contributed by atoms with E-state index in [2.05, 4.69) is 5.32 Å². The molecule has 0 unspecified atom stereocenters. The molecule has 23 heavy (non-hydrogen) atoms. The fourth-order valence-electron chi connectivity index (χ4n) is 3.00.